The van der Waals surface area contributed by atoms with Crippen LogP contribution in [0.1, 0.15) is 15.9 Å². The van der Waals surface area contributed by atoms with Crippen LogP contribution < -0.4 is 5.32 Å². The van der Waals surface area contributed by atoms with Gasteiger partial charge in [0.15, 0.2) is 0 Å². The van der Waals surface area contributed by atoms with E-state index in [1.807, 2.05) is 18.2 Å². The number of phenols is 1. The van der Waals surface area contributed by atoms with Gasteiger partial charge in [0, 0.05) is 0 Å². The van der Waals surface area contributed by atoms with E-state index in [1.54, 1.807) is 12.1 Å². The van der Waals surface area contributed by atoms with Gasteiger partial charge >= 0.3 is 12.1 Å². The number of amides is 1. The van der Waals surface area contributed by atoms with Gasteiger partial charge in [-0.3, -0.25) is 5.32 Å². The van der Waals surface area contributed by atoms with Crippen molar-refractivity contribution in [2.45, 2.75) is 6.61 Å². The van der Waals surface area contributed by atoms with Crippen LogP contribution in [0.4, 0.5) is 10.5 Å². The molecule has 2 aromatic rings. The zero-order valence-corrected chi connectivity index (χ0v) is 12.0. The molecule has 0 atom stereocenters. The van der Waals surface area contributed by atoms with E-state index in [4.69, 9.17) is 21.4 Å². The van der Waals surface area contributed by atoms with Crippen LogP contribution >= 0.6 is 11.6 Å². The van der Waals surface area contributed by atoms with Crippen molar-refractivity contribution in [3.05, 3.63) is 58.6 Å². The largest absolute Gasteiger partial charge is 0.506 e. The number of carbonyl (C=O) groups excluding carboxylic acids is 1. The van der Waals surface area contributed by atoms with Gasteiger partial charge in [-0.05, 0) is 17.7 Å². The Bertz CT molecular complexity index is 703. The number of phenolic OH excluding ortho intramolecular Hbond substituents is 1. The molecule has 0 unspecified atom stereocenters. The third kappa shape index (κ3) is 3.89. The number of carboxylic acids is 1. The van der Waals surface area contributed by atoms with Crippen molar-refractivity contribution in [1.82, 2.24) is 0 Å². The molecule has 2 rings (SSSR count). The number of aromatic carboxylic acids is 1. The lowest BCUT2D eigenvalue weighted by molar-refractivity contribution is 0.0696. The summed E-state index contributed by atoms with van der Waals surface area (Å²) in [4.78, 5) is 22.6. The topological polar surface area (TPSA) is 95.9 Å². The Labute approximate surface area is 130 Å². The first-order chi connectivity index (χ1) is 10.5. The van der Waals surface area contributed by atoms with Crippen LogP contribution in [-0.4, -0.2) is 22.3 Å². The fraction of sp³-hybridized carbons (Fsp3) is 0.0667. The first kappa shape index (κ1) is 15.7. The molecule has 0 radical (unpaired) electrons. The molecule has 2 aromatic carbocycles. The molecule has 0 aliphatic heterocycles. The second-order valence-electron chi connectivity index (χ2n) is 4.35. The Morgan fingerprint density at radius 2 is 1.86 bits per heavy atom. The fourth-order valence-corrected chi connectivity index (χ4v) is 1.85. The van der Waals surface area contributed by atoms with E-state index in [0.717, 1.165) is 17.7 Å². The minimum absolute atomic E-state index is 0.0443. The zero-order valence-electron chi connectivity index (χ0n) is 11.2. The number of halogens is 1. The molecule has 1 amide bonds. The SMILES string of the molecule is O=C(Nc1cc(C(=O)O)cc(O)c1Cl)OCc1ccccc1. The highest BCUT2D eigenvalue weighted by molar-refractivity contribution is 6.35. The van der Waals surface area contributed by atoms with Gasteiger partial charge in [-0.25, -0.2) is 9.59 Å². The van der Waals surface area contributed by atoms with Gasteiger partial charge in [-0.1, -0.05) is 41.9 Å². The molecule has 0 fully saturated rings. The summed E-state index contributed by atoms with van der Waals surface area (Å²) < 4.78 is 4.99. The van der Waals surface area contributed by atoms with Crippen molar-refractivity contribution in [2.24, 2.45) is 0 Å². The van der Waals surface area contributed by atoms with Gasteiger partial charge in [-0.2, -0.15) is 0 Å². The highest BCUT2D eigenvalue weighted by atomic mass is 35.5. The molecule has 0 bridgehead atoms. The first-order valence-electron chi connectivity index (χ1n) is 6.21. The highest BCUT2D eigenvalue weighted by Gasteiger charge is 2.15. The number of ether oxygens (including phenoxy) is 1. The van der Waals surface area contributed by atoms with Gasteiger partial charge in [0.1, 0.15) is 17.4 Å². The third-order valence-electron chi connectivity index (χ3n) is 2.75. The van der Waals surface area contributed by atoms with Gasteiger partial charge in [0.2, 0.25) is 0 Å². The fourth-order valence-electron chi connectivity index (χ4n) is 1.69. The van der Waals surface area contributed by atoms with Crippen LogP contribution in [0.5, 0.6) is 5.75 Å². The molecule has 7 heteroatoms. The predicted octanol–water partition coefficient (Wildman–Crippen LogP) is 3.49. The van der Waals surface area contributed by atoms with Crippen molar-refractivity contribution >= 4 is 29.4 Å². The van der Waals surface area contributed by atoms with Crippen LogP contribution in [0.15, 0.2) is 42.5 Å². The molecule has 22 heavy (non-hydrogen) atoms. The van der Waals surface area contributed by atoms with Crippen LogP contribution in [0.3, 0.4) is 0 Å². The average molecular weight is 322 g/mol. The Kier molecular flexibility index (Phi) is 4.85. The minimum atomic E-state index is -1.26. The van der Waals surface area contributed by atoms with Gasteiger partial charge < -0.3 is 14.9 Å². The van der Waals surface area contributed by atoms with Gasteiger partial charge in [0.05, 0.1) is 11.3 Å². The number of carbonyl (C=O) groups is 2. The van der Waals surface area contributed by atoms with E-state index in [9.17, 15) is 14.7 Å². The number of hydrogen-bond donors (Lipinski definition) is 3. The van der Waals surface area contributed by atoms with E-state index < -0.39 is 17.8 Å². The number of rotatable bonds is 4. The lowest BCUT2D eigenvalue weighted by Gasteiger charge is -2.10. The van der Waals surface area contributed by atoms with Crippen molar-refractivity contribution < 1.29 is 24.5 Å². The summed E-state index contributed by atoms with van der Waals surface area (Å²) in [5.41, 5.74) is 0.545. The molecule has 0 saturated heterocycles. The molecule has 0 heterocycles. The molecule has 6 nitrogen and oxygen atoms in total. The van der Waals surface area contributed by atoms with Crippen molar-refractivity contribution in [3.63, 3.8) is 0 Å². The van der Waals surface area contributed by atoms with Crippen molar-refractivity contribution in [3.8, 4) is 5.75 Å². The van der Waals surface area contributed by atoms with Gasteiger partial charge in [-0.15, -0.1) is 0 Å². The Morgan fingerprint density at radius 1 is 1.18 bits per heavy atom. The molecule has 3 N–H and O–H groups in total. The van der Waals surface area contributed by atoms with E-state index in [1.165, 1.54) is 0 Å². The third-order valence-corrected chi connectivity index (χ3v) is 3.15. The quantitative estimate of drug-likeness (QED) is 0.801. The maximum atomic E-state index is 11.7. The van der Waals surface area contributed by atoms with E-state index in [0.29, 0.717) is 0 Å². The monoisotopic (exact) mass is 321 g/mol. The smallest absolute Gasteiger partial charge is 0.412 e. The summed E-state index contributed by atoms with van der Waals surface area (Å²) in [7, 11) is 0. The summed E-state index contributed by atoms with van der Waals surface area (Å²) in [5, 5.41) is 20.6. The van der Waals surface area contributed by atoms with E-state index in [-0.39, 0.29) is 22.9 Å². The van der Waals surface area contributed by atoms with E-state index in [2.05, 4.69) is 5.32 Å². The standard InChI is InChI=1S/C15H12ClNO5/c16-13-11(6-10(14(19)20)7-12(13)18)17-15(21)22-8-9-4-2-1-3-5-9/h1-7,18H,8H2,(H,17,21)(H,19,20). The summed E-state index contributed by atoms with van der Waals surface area (Å²) in [6.45, 7) is 0.0505. The lowest BCUT2D eigenvalue weighted by atomic mass is 10.2. The average Bonchev–Trinajstić information content (AvgIpc) is 2.50. The van der Waals surface area contributed by atoms with Crippen LogP contribution in [0, 0.1) is 0 Å². The first-order valence-corrected chi connectivity index (χ1v) is 6.58. The number of hydrogen-bond acceptors (Lipinski definition) is 4. The maximum Gasteiger partial charge on any atom is 0.412 e. The predicted molar refractivity (Wildman–Crippen MR) is 80.3 cm³/mol. The van der Waals surface area contributed by atoms with Crippen molar-refractivity contribution in [1.29, 1.82) is 0 Å². The zero-order chi connectivity index (χ0) is 16.1. The minimum Gasteiger partial charge on any atom is -0.506 e. The molecular weight excluding hydrogens is 310 g/mol. The molecule has 0 aromatic heterocycles. The second kappa shape index (κ2) is 6.82. The highest BCUT2D eigenvalue weighted by Crippen LogP contribution is 2.33. The number of carboxylic acid groups (broad SMARTS) is 1. The van der Waals surface area contributed by atoms with E-state index >= 15 is 0 Å². The lowest BCUT2D eigenvalue weighted by Crippen LogP contribution is -2.14. The molecule has 0 saturated carbocycles. The number of benzene rings is 2. The number of anilines is 1. The molecular formula is C15H12ClNO5. The van der Waals surface area contributed by atoms with Gasteiger partial charge in [0.25, 0.3) is 0 Å². The number of nitrogens with one attached hydrogen (secondary N) is 1. The van der Waals surface area contributed by atoms with Crippen LogP contribution in [0.2, 0.25) is 5.02 Å². The summed E-state index contributed by atoms with van der Waals surface area (Å²) in [6.07, 6.45) is -0.812. The van der Waals surface area contributed by atoms with Crippen molar-refractivity contribution in [2.75, 3.05) is 5.32 Å². The number of aromatic hydroxyl groups is 1. The second-order valence-corrected chi connectivity index (χ2v) is 4.73. The molecule has 114 valence electrons. The Balaban J connectivity index is 2.06. The summed E-state index contributed by atoms with van der Waals surface area (Å²) in [6, 6.07) is 11.2. The Hall–Kier alpha value is -2.73. The van der Waals surface area contributed by atoms with Crippen LogP contribution in [0.25, 0.3) is 0 Å². The Morgan fingerprint density at radius 3 is 2.50 bits per heavy atom. The normalized spacial score (nSPS) is 10.0. The maximum absolute atomic E-state index is 11.7. The summed E-state index contributed by atoms with van der Waals surface area (Å²) >= 11 is 5.82. The van der Waals surface area contributed by atoms with Crippen LogP contribution in [-0.2, 0) is 11.3 Å². The summed E-state index contributed by atoms with van der Waals surface area (Å²) in [5.74, 6) is -1.70. The molecule has 0 aliphatic rings. The molecule has 0 spiro atoms. The molecule has 0 aliphatic carbocycles.